The van der Waals surface area contributed by atoms with Crippen LogP contribution in [0.5, 0.6) is 0 Å². The number of nitrogens with two attached hydrogens (primary N) is 1. The van der Waals surface area contributed by atoms with Gasteiger partial charge in [-0.05, 0) is 38.6 Å². The van der Waals surface area contributed by atoms with Crippen LogP contribution in [0.15, 0.2) is 0 Å². The van der Waals surface area contributed by atoms with E-state index in [1.165, 1.54) is 128 Å². The van der Waals surface area contributed by atoms with E-state index >= 15 is 0 Å². The van der Waals surface area contributed by atoms with Crippen LogP contribution in [0.1, 0.15) is 213 Å². The van der Waals surface area contributed by atoms with Crippen molar-refractivity contribution in [3.8, 4) is 0 Å². The molecule has 0 aromatic heterocycles. The summed E-state index contributed by atoms with van der Waals surface area (Å²) in [6.07, 6.45) is 34.0. The fraction of sp³-hybridized carbons (Fsp3) is 0.923. The van der Waals surface area contributed by atoms with Gasteiger partial charge in [0.25, 0.3) is 0 Å². The Kier molecular flexibility index (Phi) is 33.5. The minimum absolute atomic E-state index is 0.00893. The first kappa shape index (κ1) is 44.4. The van der Waals surface area contributed by atoms with Gasteiger partial charge >= 0.3 is 11.9 Å². The van der Waals surface area contributed by atoms with Crippen LogP contribution in [0.2, 0.25) is 0 Å². The van der Waals surface area contributed by atoms with Crippen LogP contribution in [0.3, 0.4) is 0 Å². The van der Waals surface area contributed by atoms with E-state index in [0.717, 1.165) is 38.5 Å². The predicted octanol–water partition coefficient (Wildman–Crippen LogP) is 10.6. The van der Waals surface area contributed by atoms with Gasteiger partial charge in [0, 0.05) is 6.42 Å². The fourth-order valence-corrected chi connectivity index (χ4v) is 6.16. The highest BCUT2D eigenvalue weighted by Gasteiger charge is 2.23. The van der Waals surface area contributed by atoms with E-state index < -0.39 is 18.1 Å². The fourth-order valence-electron chi connectivity index (χ4n) is 6.16. The molecule has 1 amide bonds. The van der Waals surface area contributed by atoms with Gasteiger partial charge in [-0.1, -0.05) is 168 Å². The summed E-state index contributed by atoms with van der Waals surface area (Å²) in [5.74, 6) is -1.68. The Labute approximate surface area is 284 Å². The molecule has 46 heavy (non-hydrogen) atoms. The maximum Gasteiger partial charge on any atom is 0.326 e. The Morgan fingerprint density at radius 1 is 0.565 bits per heavy atom. The summed E-state index contributed by atoms with van der Waals surface area (Å²) in [4.78, 5) is 37.0. The van der Waals surface area contributed by atoms with Crippen molar-refractivity contribution in [2.24, 2.45) is 5.73 Å². The van der Waals surface area contributed by atoms with Crippen molar-refractivity contribution in [1.82, 2.24) is 5.32 Å². The monoisotopic (exact) mass is 653 g/mol. The van der Waals surface area contributed by atoms with Crippen LogP contribution < -0.4 is 11.1 Å². The quantitative estimate of drug-likeness (QED) is 0.0458. The Morgan fingerprint density at radius 3 is 1.35 bits per heavy atom. The number of carbonyl (C=O) groups is 3. The molecule has 0 saturated heterocycles. The molecule has 0 radical (unpaired) electrons. The summed E-state index contributed by atoms with van der Waals surface area (Å²) < 4.78 is 5.79. The van der Waals surface area contributed by atoms with Crippen LogP contribution in [-0.4, -0.2) is 41.6 Å². The van der Waals surface area contributed by atoms with Gasteiger partial charge in [-0.25, -0.2) is 4.79 Å². The topological polar surface area (TPSA) is 119 Å². The highest BCUT2D eigenvalue weighted by molar-refractivity contribution is 5.84. The normalized spacial score (nSPS) is 12.6. The summed E-state index contributed by atoms with van der Waals surface area (Å²) in [7, 11) is 0. The average Bonchev–Trinajstić information content (AvgIpc) is 3.03. The van der Waals surface area contributed by atoms with E-state index in [4.69, 9.17) is 10.5 Å². The second kappa shape index (κ2) is 34.7. The van der Waals surface area contributed by atoms with Crippen LogP contribution >= 0.6 is 0 Å². The zero-order valence-electron chi connectivity index (χ0n) is 30.4. The number of carboxylic acids is 1. The molecule has 0 saturated carbocycles. The molecule has 0 aliphatic heterocycles. The van der Waals surface area contributed by atoms with E-state index in [1.807, 2.05) is 0 Å². The zero-order valence-corrected chi connectivity index (χ0v) is 30.4. The lowest BCUT2D eigenvalue weighted by Gasteiger charge is -2.20. The molecule has 0 heterocycles. The lowest BCUT2D eigenvalue weighted by molar-refractivity contribution is -0.151. The molecule has 1 unspecified atom stereocenters. The van der Waals surface area contributed by atoms with E-state index in [-0.39, 0.29) is 18.3 Å². The molecule has 272 valence electrons. The van der Waals surface area contributed by atoms with Crippen LogP contribution in [-0.2, 0) is 19.1 Å². The molecular formula is C39H76N2O5. The Bertz CT molecular complexity index is 702. The molecule has 0 aromatic rings. The second-order valence-corrected chi connectivity index (χ2v) is 13.7. The summed E-state index contributed by atoms with van der Waals surface area (Å²) in [5.41, 5.74) is 5.53. The van der Waals surface area contributed by atoms with Gasteiger partial charge in [0.1, 0.15) is 12.1 Å². The number of nitrogens with one attached hydrogen (secondary N) is 1. The highest BCUT2D eigenvalue weighted by atomic mass is 16.5. The van der Waals surface area contributed by atoms with Crippen LogP contribution in [0.4, 0.5) is 0 Å². The van der Waals surface area contributed by atoms with Crippen molar-refractivity contribution >= 4 is 17.8 Å². The molecule has 0 spiro atoms. The third-order valence-corrected chi connectivity index (χ3v) is 9.16. The molecule has 2 atom stereocenters. The second-order valence-electron chi connectivity index (χ2n) is 13.7. The van der Waals surface area contributed by atoms with Crippen molar-refractivity contribution in [1.29, 1.82) is 0 Å². The van der Waals surface area contributed by atoms with Gasteiger partial charge in [-0.2, -0.15) is 0 Å². The SMILES string of the molecule is CCCCCCCCCCCCCCCC(=O)OC(CCCCCCCCCCCCCCC)CC(=O)N[C@H](CCCN)C(=O)O. The average molecular weight is 653 g/mol. The molecule has 0 rings (SSSR count). The van der Waals surface area contributed by atoms with Crippen LogP contribution in [0, 0.1) is 0 Å². The summed E-state index contributed by atoms with van der Waals surface area (Å²) in [6.45, 7) is 4.89. The smallest absolute Gasteiger partial charge is 0.326 e. The molecule has 0 aromatic carbocycles. The lowest BCUT2D eigenvalue weighted by atomic mass is 10.0. The first-order chi connectivity index (χ1) is 22.4. The Morgan fingerprint density at radius 2 is 0.957 bits per heavy atom. The molecule has 0 aliphatic rings. The first-order valence-electron chi connectivity index (χ1n) is 19.9. The number of esters is 1. The van der Waals surface area contributed by atoms with Gasteiger partial charge in [0.15, 0.2) is 0 Å². The number of rotatable bonds is 36. The Balaban J connectivity index is 4.33. The van der Waals surface area contributed by atoms with Gasteiger partial charge < -0.3 is 20.9 Å². The van der Waals surface area contributed by atoms with Crippen molar-refractivity contribution < 1.29 is 24.2 Å². The first-order valence-corrected chi connectivity index (χ1v) is 19.9. The molecule has 7 nitrogen and oxygen atoms in total. The van der Waals surface area contributed by atoms with E-state index in [0.29, 0.717) is 32.2 Å². The molecule has 0 fully saturated rings. The van der Waals surface area contributed by atoms with Gasteiger partial charge in [0.2, 0.25) is 5.91 Å². The number of ether oxygens (including phenoxy) is 1. The van der Waals surface area contributed by atoms with Crippen molar-refractivity contribution in [3.63, 3.8) is 0 Å². The van der Waals surface area contributed by atoms with E-state index in [2.05, 4.69) is 19.2 Å². The molecular weight excluding hydrogens is 576 g/mol. The number of unbranched alkanes of at least 4 members (excludes halogenated alkanes) is 24. The number of carboxylic acid groups (broad SMARTS) is 1. The zero-order chi connectivity index (χ0) is 33.9. The summed E-state index contributed by atoms with van der Waals surface area (Å²) >= 11 is 0. The lowest BCUT2D eigenvalue weighted by Crippen LogP contribution is -2.42. The number of hydrogen-bond donors (Lipinski definition) is 3. The molecule has 7 heteroatoms. The molecule has 0 aliphatic carbocycles. The van der Waals surface area contributed by atoms with Gasteiger partial charge in [0.05, 0.1) is 6.42 Å². The third-order valence-electron chi connectivity index (χ3n) is 9.16. The van der Waals surface area contributed by atoms with Crippen molar-refractivity contribution in [2.45, 2.75) is 225 Å². The minimum Gasteiger partial charge on any atom is -0.480 e. The highest BCUT2D eigenvalue weighted by Crippen LogP contribution is 2.17. The predicted molar refractivity (Wildman–Crippen MR) is 193 cm³/mol. The van der Waals surface area contributed by atoms with Crippen LogP contribution in [0.25, 0.3) is 0 Å². The maximum absolute atomic E-state index is 12.7. The van der Waals surface area contributed by atoms with Gasteiger partial charge in [-0.15, -0.1) is 0 Å². The third kappa shape index (κ3) is 31.0. The largest absolute Gasteiger partial charge is 0.480 e. The standard InChI is InChI=1S/C39H76N2O5/c1-3-5-7-9-11-13-15-17-19-21-23-25-27-30-35(34-37(42)41-36(39(44)45)31-29-33-40)46-38(43)32-28-26-24-22-20-18-16-14-12-10-8-6-4-2/h35-36H,3-34,40H2,1-2H3,(H,41,42)(H,44,45)/t35?,36-/m1/s1. The maximum atomic E-state index is 12.7. The number of amides is 1. The van der Waals surface area contributed by atoms with Gasteiger partial charge in [-0.3, -0.25) is 9.59 Å². The summed E-state index contributed by atoms with van der Waals surface area (Å²) in [5, 5.41) is 12.1. The summed E-state index contributed by atoms with van der Waals surface area (Å²) in [6, 6.07) is -0.963. The van der Waals surface area contributed by atoms with E-state index in [1.54, 1.807) is 0 Å². The number of aliphatic carboxylic acids is 1. The molecule has 0 bridgehead atoms. The number of carbonyl (C=O) groups excluding carboxylic acids is 2. The Hall–Kier alpha value is -1.63. The number of hydrogen-bond acceptors (Lipinski definition) is 5. The van der Waals surface area contributed by atoms with E-state index in [9.17, 15) is 19.5 Å². The van der Waals surface area contributed by atoms with Crippen molar-refractivity contribution in [3.05, 3.63) is 0 Å². The van der Waals surface area contributed by atoms with Crippen molar-refractivity contribution in [2.75, 3.05) is 6.54 Å². The molecule has 4 N–H and O–H groups in total. The minimum atomic E-state index is -1.06.